The minimum absolute atomic E-state index is 0.0329. The Balaban J connectivity index is 2.48. The predicted molar refractivity (Wildman–Crippen MR) is 60.9 cm³/mol. The molecule has 0 aromatic carbocycles. The lowest BCUT2D eigenvalue weighted by Crippen LogP contribution is -2.30. The van der Waals surface area contributed by atoms with Crippen LogP contribution in [0.15, 0.2) is 0 Å². The summed E-state index contributed by atoms with van der Waals surface area (Å²) in [5, 5.41) is 23.8. The van der Waals surface area contributed by atoms with E-state index in [9.17, 15) is 14.4 Å². The number of nitrogens with one attached hydrogen (secondary N) is 2. The van der Waals surface area contributed by atoms with Crippen LogP contribution < -0.4 is 10.6 Å². The molecule has 2 amide bonds. The zero-order valence-corrected chi connectivity index (χ0v) is 10.3. The smallest absolute Gasteiger partial charge is 0.305 e. The molecule has 0 saturated heterocycles. The van der Waals surface area contributed by atoms with E-state index in [0.29, 0.717) is 0 Å². The zero-order valence-electron chi connectivity index (χ0n) is 10.3. The van der Waals surface area contributed by atoms with Crippen molar-refractivity contribution in [3.05, 3.63) is 5.82 Å². The van der Waals surface area contributed by atoms with E-state index in [0.717, 1.165) is 0 Å². The van der Waals surface area contributed by atoms with E-state index in [2.05, 4.69) is 26.2 Å². The molecule has 10 heteroatoms. The minimum atomic E-state index is -0.996. The molecule has 19 heavy (non-hydrogen) atoms. The second kappa shape index (κ2) is 7.03. The van der Waals surface area contributed by atoms with E-state index in [1.807, 2.05) is 0 Å². The highest BCUT2D eigenvalue weighted by atomic mass is 16.4. The number of carbonyl (C=O) groups excluding carboxylic acids is 2. The lowest BCUT2D eigenvalue weighted by molar-refractivity contribution is -0.137. The van der Waals surface area contributed by atoms with Gasteiger partial charge < -0.3 is 15.7 Å². The first kappa shape index (κ1) is 14.5. The van der Waals surface area contributed by atoms with E-state index in [1.54, 1.807) is 0 Å². The molecule has 0 spiro atoms. The van der Waals surface area contributed by atoms with Gasteiger partial charge in [-0.05, 0) is 10.4 Å². The third-order valence-corrected chi connectivity index (χ3v) is 2.16. The monoisotopic (exact) mass is 270 g/mol. The molecule has 0 bridgehead atoms. The van der Waals surface area contributed by atoms with Crippen LogP contribution in [0.2, 0.25) is 0 Å². The number of amides is 2. The maximum absolute atomic E-state index is 11.5. The highest BCUT2D eigenvalue weighted by Gasteiger charge is 2.13. The highest BCUT2D eigenvalue weighted by molar-refractivity contribution is 5.79. The van der Waals surface area contributed by atoms with Crippen molar-refractivity contribution in [2.45, 2.75) is 19.4 Å². The van der Waals surface area contributed by atoms with Crippen molar-refractivity contribution < 1.29 is 19.5 Å². The molecule has 0 aliphatic rings. The molecule has 0 atom stereocenters. The summed E-state index contributed by atoms with van der Waals surface area (Å²) in [4.78, 5) is 32.9. The van der Waals surface area contributed by atoms with Crippen molar-refractivity contribution in [1.82, 2.24) is 30.8 Å². The molecule has 0 saturated carbocycles. The van der Waals surface area contributed by atoms with Crippen LogP contribution in [0.3, 0.4) is 0 Å². The van der Waals surface area contributed by atoms with Crippen LogP contribution in [0.4, 0.5) is 0 Å². The molecule has 0 radical (unpaired) electrons. The van der Waals surface area contributed by atoms with E-state index in [-0.39, 0.29) is 37.7 Å². The van der Waals surface area contributed by atoms with Gasteiger partial charge in [-0.25, -0.2) is 4.68 Å². The fourth-order valence-electron chi connectivity index (χ4n) is 1.20. The summed E-state index contributed by atoms with van der Waals surface area (Å²) >= 11 is 0. The second-order valence-electron chi connectivity index (χ2n) is 3.60. The van der Waals surface area contributed by atoms with E-state index in [4.69, 9.17) is 5.11 Å². The van der Waals surface area contributed by atoms with Crippen LogP contribution in [-0.4, -0.2) is 56.7 Å². The minimum Gasteiger partial charge on any atom is -0.481 e. The van der Waals surface area contributed by atoms with Crippen molar-refractivity contribution in [2.75, 3.05) is 13.6 Å². The number of tetrazole rings is 1. The first-order valence-corrected chi connectivity index (χ1v) is 5.47. The van der Waals surface area contributed by atoms with Gasteiger partial charge in [-0.15, -0.1) is 5.10 Å². The Morgan fingerprint density at radius 3 is 2.68 bits per heavy atom. The molecule has 104 valence electrons. The number of aromatic nitrogens is 4. The van der Waals surface area contributed by atoms with E-state index in [1.165, 1.54) is 11.7 Å². The Kier molecular flexibility index (Phi) is 5.38. The fraction of sp³-hybridized carbons (Fsp3) is 0.556. The summed E-state index contributed by atoms with van der Waals surface area (Å²) in [6, 6.07) is 0. The molecule has 10 nitrogen and oxygen atoms in total. The summed E-state index contributed by atoms with van der Waals surface area (Å²) in [6.45, 7) is -0.0492. The predicted octanol–water partition coefficient (Wildman–Crippen LogP) is -2.45. The summed E-state index contributed by atoms with van der Waals surface area (Å²) in [5.41, 5.74) is 0. The van der Waals surface area contributed by atoms with Crippen LogP contribution in [0.1, 0.15) is 12.2 Å². The summed E-state index contributed by atoms with van der Waals surface area (Å²) < 4.78 is 1.20. The third-order valence-electron chi connectivity index (χ3n) is 2.16. The lowest BCUT2D eigenvalue weighted by atomic mass is 10.3. The van der Waals surface area contributed by atoms with Gasteiger partial charge in [0.2, 0.25) is 11.8 Å². The van der Waals surface area contributed by atoms with Gasteiger partial charge in [-0.2, -0.15) is 0 Å². The van der Waals surface area contributed by atoms with E-state index < -0.39 is 11.9 Å². The van der Waals surface area contributed by atoms with E-state index >= 15 is 0 Å². The van der Waals surface area contributed by atoms with Gasteiger partial charge in [0.05, 0.1) is 12.8 Å². The van der Waals surface area contributed by atoms with Crippen molar-refractivity contribution in [3.63, 3.8) is 0 Å². The Labute approximate surface area is 108 Å². The molecular formula is C9H14N6O4. The quantitative estimate of drug-likeness (QED) is 0.499. The first-order valence-electron chi connectivity index (χ1n) is 5.47. The number of hydrogen-bond acceptors (Lipinski definition) is 6. The number of carboxylic acids is 1. The van der Waals surface area contributed by atoms with Crippen molar-refractivity contribution in [2.24, 2.45) is 0 Å². The molecule has 1 rings (SSSR count). The second-order valence-corrected chi connectivity index (χ2v) is 3.60. The van der Waals surface area contributed by atoms with Crippen molar-refractivity contribution in [3.8, 4) is 0 Å². The van der Waals surface area contributed by atoms with Crippen molar-refractivity contribution in [1.29, 1.82) is 0 Å². The number of rotatable bonds is 7. The third kappa shape index (κ3) is 5.10. The average molecular weight is 270 g/mol. The fourth-order valence-corrected chi connectivity index (χ4v) is 1.20. The van der Waals surface area contributed by atoms with Gasteiger partial charge >= 0.3 is 5.97 Å². The van der Waals surface area contributed by atoms with Gasteiger partial charge in [0.25, 0.3) is 0 Å². The highest BCUT2D eigenvalue weighted by Crippen LogP contribution is 1.94. The average Bonchev–Trinajstić information content (AvgIpc) is 2.75. The van der Waals surface area contributed by atoms with Crippen LogP contribution >= 0.6 is 0 Å². The first-order chi connectivity index (χ1) is 9.02. The lowest BCUT2D eigenvalue weighted by Gasteiger charge is -2.04. The standard InChI is InChI=1S/C9H14N6O4/c1-10-8(17)5-15-6(12-13-14-15)4-7(16)11-3-2-9(18)19/h2-5H2,1H3,(H,10,17)(H,11,16)(H,18,19). The number of carbonyl (C=O) groups is 3. The molecular weight excluding hydrogens is 256 g/mol. The number of nitrogens with zero attached hydrogens (tertiary/aromatic N) is 4. The molecule has 0 aliphatic carbocycles. The van der Waals surface area contributed by atoms with Crippen LogP contribution in [0.25, 0.3) is 0 Å². The topological polar surface area (TPSA) is 139 Å². The maximum Gasteiger partial charge on any atom is 0.305 e. The summed E-state index contributed by atoms with van der Waals surface area (Å²) in [6.07, 6.45) is -0.279. The molecule has 0 fully saturated rings. The summed E-state index contributed by atoms with van der Waals surface area (Å²) in [7, 11) is 1.48. The van der Waals surface area contributed by atoms with Gasteiger partial charge in [0.1, 0.15) is 6.54 Å². The number of aliphatic carboxylic acids is 1. The Morgan fingerprint density at radius 2 is 2.05 bits per heavy atom. The van der Waals surface area contributed by atoms with Gasteiger partial charge in [-0.3, -0.25) is 14.4 Å². The van der Waals surface area contributed by atoms with Crippen LogP contribution in [0, 0.1) is 0 Å². The van der Waals surface area contributed by atoms with Gasteiger partial charge in [0.15, 0.2) is 5.82 Å². The SMILES string of the molecule is CNC(=O)Cn1nnnc1CC(=O)NCCC(=O)O. The molecule has 3 N–H and O–H groups in total. The molecule has 0 unspecified atom stereocenters. The Bertz CT molecular complexity index is 471. The van der Waals surface area contributed by atoms with Gasteiger partial charge in [-0.1, -0.05) is 0 Å². The Hall–Kier alpha value is -2.52. The molecule has 1 aromatic heterocycles. The molecule has 1 heterocycles. The molecule has 1 aromatic rings. The number of hydrogen-bond donors (Lipinski definition) is 3. The Morgan fingerprint density at radius 1 is 1.32 bits per heavy atom. The van der Waals surface area contributed by atoms with Crippen LogP contribution in [-0.2, 0) is 27.3 Å². The van der Waals surface area contributed by atoms with Crippen molar-refractivity contribution >= 4 is 17.8 Å². The van der Waals surface area contributed by atoms with Gasteiger partial charge in [0, 0.05) is 13.6 Å². The maximum atomic E-state index is 11.5. The normalized spacial score (nSPS) is 9.95. The largest absolute Gasteiger partial charge is 0.481 e. The molecule has 0 aliphatic heterocycles. The van der Waals surface area contributed by atoms with Crippen LogP contribution in [0.5, 0.6) is 0 Å². The number of carboxylic acid groups (broad SMARTS) is 1. The summed E-state index contributed by atoms with van der Waals surface area (Å²) in [5.74, 6) is -1.46. The zero-order chi connectivity index (χ0) is 14.3. The number of likely N-dealkylation sites (N-methyl/N-ethyl adjacent to an activating group) is 1.